The number of hydrogen-bond acceptors (Lipinski definition) is 4. The molecule has 1 heterocycles. The Morgan fingerprint density at radius 2 is 1.82 bits per heavy atom. The van der Waals surface area contributed by atoms with Gasteiger partial charge in [-0.05, 0) is 37.8 Å². The van der Waals surface area contributed by atoms with Crippen LogP contribution in [0.5, 0.6) is 0 Å². The first kappa shape index (κ1) is 21.4. The Balaban J connectivity index is 2.06. The van der Waals surface area contributed by atoms with E-state index in [-0.39, 0.29) is 6.04 Å². The molecule has 6 amide bonds. The average molecular weight is 388 g/mol. The van der Waals surface area contributed by atoms with Gasteiger partial charge in [0, 0.05) is 6.04 Å². The summed E-state index contributed by atoms with van der Waals surface area (Å²) in [5.74, 6) is -1.26. The summed E-state index contributed by atoms with van der Waals surface area (Å²) in [6.07, 6.45) is 2.66. The van der Waals surface area contributed by atoms with Crippen LogP contribution >= 0.6 is 0 Å². The van der Waals surface area contributed by atoms with Crippen molar-refractivity contribution in [3.63, 3.8) is 0 Å². The fourth-order valence-corrected chi connectivity index (χ4v) is 3.00. The third kappa shape index (κ3) is 4.68. The van der Waals surface area contributed by atoms with Crippen LogP contribution in [-0.4, -0.2) is 41.4 Å². The quantitative estimate of drug-likeness (QED) is 0.621. The van der Waals surface area contributed by atoms with E-state index < -0.39 is 36.0 Å². The molecule has 0 bridgehead atoms. The van der Waals surface area contributed by atoms with Gasteiger partial charge in [-0.3, -0.25) is 19.8 Å². The molecule has 0 aromatic heterocycles. The molecule has 0 radical (unpaired) electrons. The Hall–Kier alpha value is -2.90. The molecule has 1 saturated heterocycles. The number of benzene rings is 1. The van der Waals surface area contributed by atoms with Crippen molar-refractivity contribution in [1.82, 2.24) is 20.9 Å². The lowest BCUT2D eigenvalue weighted by molar-refractivity contribution is -0.134. The lowest BCUT2D eigenvalue weighted by atomic mass is 9.91. The monoisotopic (exact) mass is 388 g/mol. The maximum atomic E-state index is 12.9. The van der Waals surface area contributed by atoms with Gasteiger partial charge < -0.3 is 10.6 Å². The summed E-state index contributed by atoms with van der Waals surface area (Å²) in [5.41, 5.74) is 0.541. The summed E-state index contributed by atoms with van der Waals surface area (Å²) in [6.45, 7) is 6.87. The fraction of sp³-hybridized carbons (Fsp3) is 0.500. The Morgan fingerprint density at radius 1 is 1.18 bits per heavy atom. The summed E-state index contributed by atoms with van der Waals surface area (Å²) in [4.78, 5) is 49.8. The van der Waals surface area contributed by atoms with Crippen LogP contribution < -0.4 is 16.0 Å². The molecule has 28 heavy (non-hydrogen) atoms. The van der Waals surface area contributed by atoms with Gasteiger partial charge in [-0.1, -0.05) is 44.5 Å². The minimum atomic E-state index is -1.25. The summed E-state index contributed by atoms with van der Waals surface area (Å²) in [7, 11) is 0. The summed E-state index contributed by atoms with van der Waals surface area (Å²) >= 11 is 0. The zero-order chi connectivity index (χ0) is 20.9. The molecule has 152 valence electrons. The van der Waals surface area contributed by atoms with Gasteiger partial charge in [0.2, 0.25) is 5.91 Å². The highest BCUT2D eigenvalue weighted by molar-refractivity contribution is 6.10. The van der Waals surface area contributed by atoms with Gasteiger partial charge in [0.05, 0.1) is 0 Å². The largest absolute Gasteiger partial charge is 0.335 e. The predicted molar refractivity (Wildman–Crippen MR) is 104 cm³/mol. The van der Waals surface area contributed by atoms with Crippen LogP contribution in [0.2, 0.25) is 0 Å². The van der Waals surface area contributed by atoms with Crippen LogP contribution in [0.3, 0.4) is 0 Å². The van der Waals surface area contributed by atoms with Crippen molar-refractivity contribution in [2.24, 2.45) is 0 Å². The lowest BCUT2D eigenvalue weighted by Crippen LogP contribution is -2.48. The minimum absolute atomic E-state index is 0.0940. The number of aryl methyl sites for hydroxylation is 1. The highest BCUT2D eigenvalue weighted by atomic mass is 16.2. The van der Waals surface area contributed by atoms with Gasteiger partial charge in [-0.2, -0.15) is 0 Å². The van der Waals surface area contributed by atoms with Crippen molar-refractivity contribution in [3.05, 3.63) is 35.4 Å². The molecule has 1 aliphatic rings. The number of imide groups is 2. The maximum Gasteiger partial charge on any atom is 0.325 e. The van der Waals surface area contributed by atoms with Gasteiger partial charge in [0.15, 0.2) is 0 Å². The number of amides is 6. The SMILES string of the molecule is CCCc1ccc([C@]2(C)NC(=O)N(CC(=O)NC(=O)N[C@H](C)CC)C2=O)cc1. The molecule has 1 aliphatic heterocycles. The molecular formula is C20H28N4O4. The van der Waals surface area contributed by atoms with E-state index >= 15 is 0 Å². The number of rotatable bonds is 7. The molecule has 0 spiro atoms. The average Bonchev–Trinajstić information content (AvgIpc) is 2.86. The third-order valence-corrected chi connectivity index (χ3v) is 4.89. The summed E-state index contributed by atoms with van der Waals surface area (Å²) < 4.78 is 0. The minimum Gasteiger partial charge on any atom is -0.335 e. The Bertz CT molecular complexity index is 762. The molecule has 1 aromatic carbocycles. The van der Waals surface area contributed by atoms with Crippen LogP contribution in [0.1, 0.15) is 51.7 Å². The van der Waals surface area contributed by atoms with E-state index in [1.54, 1.807) is 13.8 Å². The van der Waals surface area contributed by atoms with Crippen LogP contribution in [-0.2, 0) is 21.5 Å². The molecule has 0 aliphatic carbocycles. The molecule has 8 heteroatoms. The Morgan fingerprint density at radius 3 is 2.39 bits per heavy atom. The van der Waals surface area contributed by atoms with Crippen molar-refractivity contribution < 1.29 is 19.2 Å². The van der Waals surface area contributed by atoms with Crippen LogP contribution in [0, 0.1) is 0 Å². The standard InChI is InChI=1S/C20H28N4O4/c1-5-7-14-8-10-15(11-9-14)20(4)17(26)24(19(28)23-20)12-16(25)22-18(27)21-13(3)6-2/h8-11,13H,5-7,12H2,1-4H3,(H,23,28)(H2,21,22,25,27)/t13-,20+/m1/s1. The van der Waals surface area contributed by atoms with Gasteiger partial charge in [-0.15, -0.1) is 0 Å². The number of carbonyl (C=O) groups excluding carboxylic acids is 4. The van der Waals surface area contributed by atoms with Gasteiger partial charge in [-0.25, -0.2) is 9.59 Å². The van der Waals surface area contributed by atoms with E-state index in [9.17, 15) is 19.2 Å². The normalized spacial score (nSPS) is 19.9. The first-order chi connectivity index (χ1) is 13.2. The summed E-state index contributed by atoms with van der Waals surface area (Å²) in [5, 5.41) is 7.38. The van der Waals surface area contributed by atoms with E-state index in [4.69, 9.17) is 0 Å². The number of nitrogens with one attached hydrogen (secondary N) is 3. The lowest BCUT2D eigenvalue weighted by Gasteiger charge is -2.22. The first-order valence-corrected chi connectivity index (χ1v) is 9.55. The smallest absolute Gasteiger partial charge is 0.325 e. The molecule has 8 nitrogen and oxygen atoms in total. The number of nitrogens with zero attached hydrogens (tertiary/aromatic N) is 1. The molecule has 0 saturated carbocycles. The zero-order valence-electron chi connectivity index (χ0n) is 16.8. The van der Waals surface area contributed by atoms with Crippen molar-refractivity contribution in [1.29, 1.82) is 0 Å². The Kier molecular flexibility index (Phi) is 6.77. The number of urea groups is 2. The van der Waals surface area contributed by atoms with Gasteiger partial charge in [0.1, 0.15) is 12.1 Å². The van der Waals surface area contributed by atoms with Crippen molar-refractivity contribution in [2.45, 2.75) is 58.5 Å². The van der Waals surface area contributed by atoms with E-state index in [2.05, 4.69) is 22.9 Å². The molecular weight excluding hydrogens is 360 g/mol. The fourth-order valence-electron chi connectivity index (χ4n) is 3.00. The number of carbonyl (C=O) groups is 4. The van der Waals surface area contributed by atoms with Crippen molar-refractivity contribution in [2.75, 3.05) is 6.54 Å². The topological polar surface area (TPSA) is 108 Å². The highest BCUT2D eigenvalue weighted by Gasteiger charge is 2.49. The number of hydrogen-bond donors (Lipinski definition) is 3. The molecule has 3 N–H and O–H groups in total. The molecule has 2 rings (SSSR count). The summed E-state index contributed by atoms with van der Waals surface area (Å²) in [6, 6.07) is 6.07. The molecule has 2 atom stereocenters. The van der Waals surface area contributed by atoms with E-state index in [1.165, 1.54) is 0 Å². The van der Waals surface area contributed by atoms with E-state index in [0.29, 0.717) is 12.0 Å². The van der Waals surface area contributed by atoms with Crippen molar-refractivity contribution >= 4 is 23.9 Å². The van der Waals surface area contributed by atoms with Gasteiger partial charge >= 0.3 is 12.1 Å². The molecule has 0 unspecified atom stereocenters. The van der Waals surface area contributed by atoms with E-state index in [0.717, 1.165) is 23.3 Å². The second-order valence-corrected chi connectivity index (χ2v) is 7.22. The van der Waals surface area contributed by atoms with Crippen LogP contribution in [0.4, 0.5) is 9.59 Å². The zero-order valence-corrected chi connectivity index (χ0v) is 16.8. The molecule has 1 aromatic rings. The highest BCUT2D eigenvalue weighted by Crippen LogP contribution is 2.29. The molecule has 1 fully saturated rings. The van der Waals surface area contributed by atoms with Gasteiger partial charge in [0.25, 0.3) is 5.91 Å². The third-order valence-electron chi connectivity index (χ3n) is 4.89. The second kappa shape index (κ2) is 8.86. The van der Waals surface area contributed by atoms with Crippen molar-refractivity contribution in [3.8, 4) is 0 Å². The van der Waals surface area contributed by atoms with E-state index in [1.807, 2.05) is 31.2 Å². The van der Waals surface area contributed by atoms with Crippen LogP contribution in [0.25, 0.3) is 0 Å². The predicted octanol–water partition coefficient (Wildman–Crippen LogP) is 2.03. The van der Waals surface area contributed by atoms with Crippen LogP contribution in [0.15, 0.2) is 24.3 Å². The Labute approximate surface area is 165 Å². The second-order valence-electron chi connectivity index (χ2n) is 7.22. The maximum absolute atomic E-state index is 12.9. The first-order valence-electron chi connectivity index (χ1n) is 9.55.